The molecule has 0 heterocycles. The van der Waals surface area contributed by atoms with Crippen molar-refractivity contribution in [2.75, 3.05) is 18.5 Å². The van der Waals surface area contributed by atoms with E-state index in [0.29, 0.717) is 16.5 Å². The van der Waals surface area contributed by atoms with Crippen LogP contribution < -0.4 is 15.4 Å². The van der Waals surface area contributed by atoms with Crippen molar-refractivity contribution in [1.29, 1.82) is 0 Å². The largest absolute Gasteiger partial charge is 0.491 e. The lowest BCUT2D eigenvalue weighted by Crippen LogP contribution is -2.37. The van der Waals surface area contributed by atoms with Crippen LogP contribution in [0, 0.1) is 6.92 Å². The van der Waals surface area contributed by atoms with Crippen molar-refractivity contribution in [2.45, 2.75) is 13.0 Å². The van der Waals surface area contributed by atoms with Crippen LogP contribution in [-0.4, -0.2) is 30.4 Å². The molecule has 5 nitrogen and oxygen atoms in total. The third-order valence-electron chi connectivity index (χ3n) is 3.05. The van der Waals surface area contributed by atoms with Gasteiger partial charge in [0.15, 0.2) is 0 Å². The minimum absolute atomic E-state index is 0.0715. The van der Waals surface area contributed by atoms with Crippen LogP contribution in [0.15, 0.2) is 48.5 Å². The first-order valence-electron chi connectivity index (χ1n) is 7.21. The number of benzene rings is 2. The molecule has 0 saturated carbocycles. The first-order valence-corrected chi connectivity index (χ1v) is 7.59. The van der Waals surface area contributed by atoms with Crippen molar-refractivity contribution in [3.8, 4) is 5.75 Å². The Balaban J connectivity index is 1.72. The highest BCUT2D eigenvalue weighted by atomic mass is 35.5. The summed E-state index contributed by atoms with van der Waals surface area (Å²) in [7, 11) is 0. The average Bonchev–Trinajstić information content (AvgIpc) is 2.53. The van der Waals surface area contributed by atoms with Crippen LogP contribution in [0.3, 0.4) is 0 Å². The smallest absolute Gasteiger partial charge is 0.319 e. The van der Waals surface area contributed by atoms with E-state index in [1.807, 2.05) is 31.2 Å². The maximum atomic E-state index is 11.8. The number of rotatable bonds is 6. The molecule has 1 atom stereocenters. The van der Waals surface area contributed by atoms with Crippen molar-refractivity contribution >= 4 is 23.3 Å². The molecule has 0 aromatic heterocycles. The molecule has 0 aliphatic carbocycles. The molecule has 122 valence electrons. The summed E-state index contributed by atoms with van der Waals surface area (Å²) in [6, 6.07) is 14.0. The second-order valence-electron chi connectivity index (χ2n) is 5.10. The van der Waals surface area contributed by atoms with Crippen LogP contribution in [0.5, 0.6) is 5.75 Å². The minimum Gasteiger partial charge on any atom is -0.491 e. The summed E-state index contributed by atoms with van der Waals surface area (Å²) in [6.45, 7) is 2.13. The number of aryl methyl sites for hydroxylation is 1. The van der Waals surface area contributed by atoms with Gasteiger partial charge in [-0.25, -0.2) is 4.79 Å². The fraction of sp³-hybridized carbons (Fsp3) is 0.235. The normalized spacial score (nSPS) is 11.6. The molecule has 0 spiro atoms. The molecule has 23 heavy (non-hydrogen) atoms. The van der Waals surface area contributed by atoms with Crippen LogP contribution in [0.25, 0.3) is 0 Å². The van der Waals surface area contributed by atoms with E-state index < -0.39 is 12.1 Å². The Morgan fingerprint density at radius 1 is 1.26 bits per heavy atom. The van der Waals surface area contributed by atoms with E-state index in [0.717, 1.165) is 5.56 Å². The Kier molecular flexibility index (Phi) is 6.26. The number of aliphatic hydroxyl groups excluding tert-OH is 1. The summed E-state index contributed by atoms with van der Waals surface area (Å²) < 4.78 is 5.48. The van der Waals surface area contributed by atoms with Crippen LogP contribution in [0.4, 0.5) is 10.5 Å². The molecule has 2 amide bonds. The lowest BCUT2D eigenvalue weighted by molar-refractivity contribution is 0.108. The third kappa shape index (κ3) is 5.81. The van der Waals surface area contributed by atoms with E-state index in [9.17, 15) is 9.90 Å². The lowest BCUT2D eigenvalue weighted by atomic mass is 10.2. The van der Waals surface area contributed by atoms with Gasteiger partial charge in [-0.15, -0.1) is 0 Å². The van der Waals surface area contributed by atoms with Crippen molar-refractivity contribution in [2.24, 2.45) is 0 Å². The summed E-state index contributed by atoms with van der Waals surface area (Å²) in [4.78, 5) is 11.8. The summed E-state index contributed by atoms with van der Waals surface area (Å²) in [5.41, 5.74) is 1.59. The van der Waals surface area contributed by atoms with Gasteiger partial charge in [0.25, 0.3) is 0 Å². The predicted molar refractivity (Wildman–Crippen MR) is 91.2 cm³/mol. The van der Waals surface area contributed by atoms with Crippen molar-refractivity contribution in [1.82, 2.24) is 5.32 Å². The highest BCUT2D eigenvalue weighted by Crippen LogP contribution is 2.20. The first kappa shape index (κ1) is 17.1. The van der Waals surface area contributed by atoms with Gasteiger partial charge in [-0.3, -0.25) is 0 Å². The van der Waals surface area contributed by atoms with E-state index in [4.69, 9.17) is 16.3 Å². The quantitative estimate of drug-likeness (QED) is 0.759. The lowest BCUT2D eigenvalue weighted by Gasteiger charge is -2.14. The SMILES string of the molecule is Cc1cccc(OCC(O)CNC(=O)Nc2ccccc2Cl)c1. The fourth-order valence-corrected chi connectivity index (χ4v) is 2.08. The number of hydrogen-bond donors (Lipinski definition) is 3. The minimum atomic E-state index is -0.812. The molecule has 0 fully saturated rings. The number of ether oxygens (including phenoxy) is 1. The number of carbonyl (C=O) groups excluding carboxylic acids is 1. The Bertz CT molecular complexity index is 664. The zero-order valence-corrected chi connectivity index (χ0v) is 13.5. The van der Waals surface area contributed by atoms with Gasteiger partial charge in [-0.05, 0) is 36.8 Å². The molecular formula is C17H19ClN2O3. The van der Waals surface area contributed by atoms with Gasteiger partial charge >= 0.3 is 6.03 Å². The molecular weight excluding hydrogens is 316 g/mol. The van der Waals surface area contributed by atoms with Crippen molar-refractivity contribution < 1.29 is 14.6 Å². The fourth-order valence-electron chi connectivity index (χ4n) is 1.90. The van der Waals surface area contributed by atoms with Gasteiger partial charge in [0, 0.05) is 6.54 Å². The zero-order valence-electron chi connectivity index (χ0n) is 12.8. The molecule has 0 aliphatic heterocycles. The summed E-state index contributed by atoms with van der Waals surface area (Å²) in [5, 5.41) is 15.5. The van der Waals surface area contributed by atoms with Gasteiger partial charge in [0.05, 0.1) is 10.7 Å². The third-order valence-corrected chi connectivity index (χ3v) is 3.38. The van der Waals surface area contributed by atoms with E-state index in [2.05, 4.69) is 10.6 Å². The maximum Gasteiger partial charge on any atom is 0.319 e. The van der Waals surface area contributed by atoms with E-state index in [1.165, 1.54) is 0 Å². The molecule has 6 heteroatoms. The number of amides is 2. The monoisotopic (exact) mass is 334 g/mol. The second kappa shape index (κ2) is 8.41. The number of anilines is 1. The molecule has 3 N–H and O–H groups in total. The van der Waals surface area contributed by atoms with Crippen molar-refractivity contribution in [3.63, 3.8) is 0 Å². The first-order chi connectivity index (χ1) is 11.0. The Morgan fingerprint density at radius 2 is 2.04 bits per heavy atom. The number of aliphatic hydroxyl groups is 1. The van der Waals surface area contributed by atoms with Crippen LogP contribution >= 0.6 is 11.6 Å². The Labute approximate surface area is 140 Å². The van der Waals surface area contributed by atoms with Crippen LogP contribution in [0.1, 0.15) is 5.56 Å². The molecule has 0 radical (unpaired) electrons. The predicted octanol–water partition coefficient (Wildman–Crippen LogP) is 3.21. The highest BCUT2D eigenvalue weighted by Gasteiger charge is 2.09. The summed E-state index contributed by atoms with van der Waals surface area (Å²) >= 11 is 5.95. The summed E-state index contributed by atoms with van der Waals surface area (Å²) in [5.74, 6) is 0.685. The summed E-state index contributed by atoms with van der Waals surface area (Å²) in [6.07, 6.45) is -0.812. The number of urea groups is 1. The Hall–Kier alpha value is -2.24. The van der Waals surface area contributed by atoms with E-state index in [-0.39, 0.29) is 13.2 Å². The van der Waals surface area contributed by atoms with Crippen LogP contribution in [0.2, 0.25) is 5.02 Å². The van der Waals surface area contributed by atoms with Gasteiger partial charge in [0.1, 0.15) is 18.5 Å². The molecule has 2 aromatic carbocycles. The highest BCUT2D eigenvalue weighted by molar-refractivity contribution is 6.33. The molecule has 0 bridgehead atoms. The number of hydrogen-bond acceptors (Lipinski definition) is 3. The van der Waals surface area contributed by atoms with Crippen molar-refractivity contribution in [3.05, 3.63) is 59.1 Å². The molecule has 0 saturated heterocycles. The zero-order chi connectivity index (χ0) is 16.7. The van der Waals surface area contributed by atoms with Crippen LogP contribution in [-0.2, 0) is 0 Å². The average molecular weight is 335 g/mol. The number of nitrogens with one attached hydrogen (secondary N) is 2. The topological polar surface area (TPSA) is 70.6 Å². The number of carbonyl (C=O) groups is 1. The maximum absolute atomic E-state index is 11.8. The van der Waals surface area contributed by atoms with Gasteiger partial charge in [-0.2, -0.15) is 0 Å². The Morgan fingerprint density at radius 3 is 2.78 bits per heavy atom. The number of para-hydroxylation sites is 1. The van der Waals surface area contributed by atoms with E-state index >= 15 is 0 Å². The second-order valence-corrected chi connectivity index (χ2v) is 5.50. The molecule has 2 rings (SSSR count). The molecule has 0 aliphatic rings. The molecule has 2 aromatic rings. The van der Waals surface area contributed by atoms with Gasteiger partial charge < -0.3 is 20.5 Å². The van der Waals surface area contributed by atoms with Gasteiger partial charge in [-0.1, -0.05) is 35.9 Å². The van der Waals surface area contributed by atoms with Gasteiger partial charge in [0.2, 0.25) is 0 Å². The standard InChI is InChI=1S/C17H19ClN2O3/c1-12-5-4-6-14(9-12)23-11-13(21)10-19-17(22)20-16-8-3-2-7-15(16)18/h2-9,13,21H,10-11H2,1H3,(H2,19,20,22). The van der Waals surface area contributed by atoms with E-state index in [1.54, 1.807) is 24.3 Å². The number of halogens is 1. The molecule has 1 unspecified atom stereocenters.